The number of hydrogen-bond donors (Lipinski definition) is 2. The average Bonchev–Trinajstić information content (AvgIpc) is 2.37. The van der Waals surface area contributed by atoms with Gasteiger partial charge in [-0.05, 0) is 30.3 Å². The van der Waals surface area contributed by atoms with Crippen LogP contribution >= 0.6 is 39.1 Å². The Morgan fingerprint density at radius 3 is 2.58 bits per heavy atom. The van der Waals surface area contributed by atoms with E-state index in [1.54, 1.807) is 36.4 Å². The largest absolute Gasteiger partial charge is 0.397 e. The number of rotatable bonds is 2. The van der Waals surface area contributed by atoms with E-state index in [9.17, 15) is 4.79 Å². The molecule has 0 heterocycles. The molecule has 0 bridgehead atoms. The van der Waals surface area contributed by atoms with Gasteiger partial charge < -0.3 is 11.1 Å². The summed E-state index contributed by atoms with van der Waals surface area (Å²) in [5.41, 5.74) is 6.89. The zero-order valence-electron chi connectivity index (χ0n) is 9.58. The predicted octanol–water partition coefficient (Wildman–Crippen LogP) is 4.59. The van der Waals surface area contributed by atoms with Gasteiger partial charge in [-0.25, -0.2) is 0 Å². The van der Waals surface area contributed by atoms with E-state index in [4.69, 9.17) is 28.9 Å². The summed E-state index contributed by atoms with van der Waals surface area (Å²) in [6, 6.07) is 10.0. The first-order chi connectivity index (χ1) is 8.99. The molecule has 0 aliphatic heterocycles. The van der Waals surface area contributed by atoms with Crippen LogP contribution in [0.3, 0.4) is 0 Å². The molecular weight excluding hydrogens is 351 g/mol. The molecule has 0 fully saturated rings. The minimum atomic E-state index is -0.369. The second kappa shape index (κ2) is 5.82. The Morgan fingerprint density at radius 1 is 1.16 bits per heavy atom. The lowest BCUT2D eigenvalue weighted by Gasteiger charge is -2.11. The third-order valence-corrected chi connectivity index (χ3v) is 3.60. The molecule has 0 saturated carbocycles. The number of nitrogen functional groups attached to an aromatic ring is 1. The molecule has 3 nitrogen and oxygen atoms in total. The molecule has 2 aromatic carbocycles. The lowest BCUT2D eigenvalue weighted by Crippen LogP contribution is -2.14. The fourth-order valence-corrected chi connectivity index (χ4v) is 2.32. The summed E-state index contributed by atoms with van der Waals surface area (Å²) in [6.07, 6.45) is 0. The number of carbonyl (C=O) groups is 1. The van der Waals surface area contributed by atoms with Gasteiger partial charge in [0.1, 0.15) is 0 Å². The van der Waals surface area contributed by atoms with Crippen molar-refractivity contribution in [1.29, 1.82) is 0 Å². The molecular formula is C13H9BrCl2N2O. The molecule has 0 spiro atoms. The molecule has 0 aromatic heterocycles. The first-order valence-corrected chi connectivity index (χ1v) is 6.84. The van der Waals surface area contributed by atoms with Crippen molar-refractivity contribution in [3.05, 3.63) is 56.5 Å². The van der Waals surface area contributed by atoms with Gasteiger partial charge >= 0.3 is 0 Å². The van der Waals surface area contributed by atoms with Gasteiger partial charge in [0.05, 0.1) is 27.0 Å². The van der Waals surface area contributed by atoms with E-state index in [2.05, 4.69) is 21.2 Å². The van der Waals surface area contributed by atoms with Gasteiger partial charge in [-0.15, -0.1) is 0 Å². The van der Waals surface area contributed by atoms with Crippen molar-refractivity contribution in [3.8, 4) is 0 Å². The first-order valence-electron chi connectivity index (χ1n) is 5.29. The SMILES string of the molecule is Nc1cccc(Cl)c1NC(=O)c1cc(Br)ccc1Cl. The second-order valence-electron chi connectivity index (χ2n) is 3.78. The minimum Gasteiger partial charge on any atom is -0.397 e. The van der Waals surface area contributed by atoms with Crippen molar-refractivity contribution in [2.45, 2.75) is 0 Å². The van der Waals surface area contributed by atoms with Crippen LogP contribution in [0.5, 0.6) is 0 Å². The molecule has 6 heteroatoms. The summed E-state index contributed by atoms with van der Waals surface area (Å²) < 4.78 is 0.759. The van der Waals surface area contributed by atoms with Gasteiger partial charge in [0.15, 0.2) is 0 Å². The van der Waals surface area contributed by atoms with Crippen molar-refractivity contribution in [1.82, 2.24) is 0 Å². The number of carbonyl (C=O) groups excluding carboxylic acids is 1. The van der Waals surface area contributed by atoms with Gasteiger partial charge in [-0.1, -0.05) is 45.2 Å². The van der Waals surface area contributed by atoms with Gasteiger partial charge in [0.25, 0.3) is 5.91 Å². The molecule has 0 radical (unpaired) electrons. The minimum absolute atomic E-state index is 0.343. The molecule has 3 N–H and O–H groups in total. The quantitative estimate of drug-likeness (QED) is 0.770. The van der Waals surface area contributed by atoms with Crippen LogP contribution in [0.4, 0.5) is 11.4 Å². The van der Waals surface area contributed by atoms with E-state index in [1.165, 1.54) is 0 Å². The molecule has 0 unspecified atom stereocenters. The Balaban J connectivity index is 2.34. The zero-order valence-corrected chi connectivity index (χ0v) is 12.7. The van der Waals surface area contributed by atoms with Crippen LogP contribution in [0.15, 0.2) is 40.9 Å². The number of amides is 1. The number of benzene rings is 2. The average molecular weight is 360 g/mol. The molecule has 0 aliphatic carbocycles. The van der Waals surface area contributed by atoms with E-state index in [0.717, 1.165) is 4.47 Å². The highest BCUT2D eigenvalue weighted by molar-refractivity contribution is 9.10. The van der Waals surface area contributed by atoms with Crippen molar-refractivity contribution >= 4 is 56.4 Å². The number of hydrogen-bond acceptors (Lipinski definition) is 2. The van der Waals surface area contributed by atoms with E-state index in [0.29, 0.717) is 27.0 Å². The summed E-state index contributed by atoms with van der Waals surface area (Å²) in [5, 5.41) is 3.39. The highest BCUT2D eigenvalue weighted by Gasteiger charge is 2.14. The second-order valence-corrected chi connectivity index (χ2v) is 5.51. The number of nitrogens with two attached hydrogens (primary N) is 1. The highest BCUT2D eigenvalue weighted by Crippen LogP contribution is 2.29. The first kappa shape index (κ1) is 14.2. The molecule has 1 amide bonds. The Hall–Kier alpha value is -1.23. The van der Waals surface area contributed by atoms with Gasteiger partial charge in [-0.3, -0.25) is 4.79 Å². The standard InChI is InChI=1S/C13H9BrCl2N2O/c14-7-4-5-9(15)8(6-7)13(19)18-12-10(16)2-1-3-11(12)17/h1-6H,17H2,(H,18,19). The van der Waals surface area contributed by atoms with Crippen LogP contribution in [0.1, 0.15) is 10.4 Å². The van der Waals surface area contributed by atoms with E-state index in [1.807, 2.05) is 0 Å². The van der Waals surface area contributed by atoms with Gasteiger partial charge in [-0.2, -0.15) is 0 Å². The number of para-hydroxylation sites is 1. The molecule has 0 saturated heterocycles. The van der Waals surface area contributed by atoms with Crippen molar-refractivity contribution in [2.75, 3.05) is 11.1 Å². The highest BCUT2D eigenvalue weighted by atomic mass is 79.9. The molecule has 0 atom stereocenters. The summed E-state index contributed by atoms with van der Waals surface area (Å²) in [6.45, 7) is 0. The Labute approximate surface area is 128 Å². The Kier molecular flexibility index (Phi) is 4.34. The Morgan fingerprint density at radius 2 is 1.89 bits per heavy atom. The molecule has 2 rings (SSSR count). The van der Waals surface area contributed by atoms with Crippen molar-refractivity contribution in [2.24, 2.45) is 0 Å². The van der Waals surface area contributed by atoms with E-state index >= 15 is 0 Å². The van der Waals surface area contributed by atoms with Crippen LogP contribution in [0.25, 0.3) is 0 Å². The fourth-order valence-electron chi connectivity index (χ4n) is 1.53. The van der Waals surface area contributed by atoms with Crippen LogP contribution in [0.2, 0.25) is 10.0 Å². The summed E-state index contributed by atoms with van der Waals surface area (Å²) in [5.74, 6) is -0.369. The van der Waals surface area contributed by atoms with Crippen molar-refractivity contribution in [3.63, 3.8) is 0 Å². The molecule has 98 valence electrons. The third-order valence-electron chi connectivity index (χ3n) is 2.46. The van der Waals surface area contributed by atoms with E-state index < -0.39 is 0 Å². The normalized spacial score (nSPS) is 10.3. The van der Waals surface area contributed by atoms with E-state index in [-0.39, 0.29) is 5.91 Å². The summed E-state index contributed by atoms with van der Waals surface area (Å²) in [4.78, 5) is 12.2. The van der Waals surface area contributed by atoms with Crippen LogP contribution in [-0.4, -0.2) is 5.91 Å². The smallest absolute Gasteiger partial charge is 0.257 e. The van der Waals surface area contributed by atoms with Crippen molar-refractivity contribution < 1.29 is 4.79 Å². The maximum absolute atomic E-state index is 12.2. The third kappa shape index (κ3) is 3.21. The lowest BCUT2D eigenvalue weighted by molar-refractivity contribution is 0.102. The van der Waals surface area contributed by atoms with Gasteiger partial charge in [0, 0.05) is 4.47 Å². The molecule has 2 aromatic rings. The summed E-state index contributed by atoms with van der Waals surface area (Å²) in [7, 11) is 0. The number of anilines is 2. The topological polar surface area (TPSA) is 55.1 Å². The Bertz CT molecular complexity index is 626. The number of halogens is 3. The zero-order chi connectivity index (χ0) is 14.0. The molecule has 19 heavy (non-hydrogen) atoms. The predicted molar refractivity (Wildman–Crippen MR) is 83.0 cm³/mol. The summed E-state index contributed by atoms with van der Waals surface area (Å²) >= 11 is 15.3. The monoisotopic (exact) mass is 358 g/mol. The maximum atomic E-state index is 12.2. The van der Waals surface area contributed by atoms with Gasteiger partial charge in [0.2, 0.25) is 0 Å². The maximum Gasteiger partial charge on any atom is 0.257 e. The van der Waals surface area contributed by atoms with Crippen LogP contribution in [-0.2, 0) is 0 Å². The lowest BCUT2D eigenvalue weighted by atomic mass is 10.2. The van der Waals surface area contributed by atoms with Crippen LogP contribution in [0, 0.1) is 0 Å². The van der Waals surface area contributed by atoms with Crippen LogP contribution < -0.4 is 11.1 Å². The number of nitrogens with one attached hydrogen (secondary N) is 1. The fraction of sp³-hybridized carbons (Fsp3) is 0. The molecule has 0 aliphatic rings.